The monoisotopic (exact) mass is 340 g/mol. The lowest BCUT2D eigenvalue weighted by molar-refractivity contribution is -0.115. The number of ether oxygens (including phenoxy) is 1. The van der Waals surface area contributed by atoms with E-state index in [1.807, 2.05) is 0 Å². The fourth-order valence-corrected chi connectivity index (χ4v) is 2.40. The predicted octanol–water partition coefficient (Wildman–Crippen LogP) is 2.44. The molecule has 6 heteroatoms. The minimum absolute atomic E-state index is 0.0501. The second-order valence-corrected chi connectivity index (χ2v) is 5.47. The second kappa shape index (κ2) is 8.10. The first-order valence-electron chi connectivity index (χ1n) is 7.74. The molecule has 2 rings (SSSR count). The molecule has 0 atom stereocenters. The van der Waals surface area contributed by atoms with Gasteiger partial charge in [-0.25, -0.2) is 0 Å². The number of methoxy groups -OCH3 is 1. The molecule has 2 amide bonds. The molecule has 2 aromatic rings. The number of benzene rings is 2. The minimum atomic E-state index is -0.270. The van der Waals surface area contributed by atoms with Crippen LogP contribution < -0.4 is 15.4 Å². The number of hydrogen-bond acceptors (Lipinski definition) is 4. The van der Waals surface area contributed by atoms with E-state index in [-0.39, 0.29) is 24.0 Å². The molecule has 0 spiro atoms. The van der Waals surface area contributed by atoms with Crippen molar-refractivity contribution in [3.05, 3.63) is 59.2 Å². The van der Waals surface area contributed by atoms with Gasteiger partial charge in [0.2, 0.25) is 5.91 Å². The molecule has 2 N–H and O–H groups in total. The topological polar surface area (TPSA) is 84.5 Å². The first kappa shape index (κ1) is 18.2. The molecule has 0 heterocycles. The summed E-state index contributed by atoms with van der Waals surface area (Å²) in [6.45, 7) is 1.47. The zero-order chi connectivity index (χ0) is 18.4. The largest absolute Gasteiger partial charge is 0.496 e. The van der Waals surface area contributed by atoms with E-state index < -0.39 is 0 Å². The third-order valence-electron chi connectivity index (χ3n) is 3.67. The van der Waals surface area contributed by atoms with Crippen molar-refractivity contribution in [3.8, 4) is 5.75 Å². The highest BCUT2D eigenvalue weighted by molar-refractivity contribution is 5.98. The van der Waals surface area contributed by atoms with Crippen LogP contribution in [0.25, 0.3) is 0 Å². The molecular formula is C19H20N2O4. The molecule has 0 bridgehead atoms. The minimum Gasteiger partial charge on any atom is -0.496 e. The van der Waals surface area contributed by atoms with Gasteiger partial charge in [0.1, 0.15) is 5.75 Å². The normalized spacial score (nSPS) is 10.0. The number of nitrogens with one attached hydrogen (secondary N) is 2. The Morgan fingerprint density at radius 3 is 2.44 bits per heavy atom. The average Bonchev–Trinajstić information content (AvgIpc) is 2.61. The molecule has 0 aromatic heterocycles. The third kappa shape index (κ3) is 4.67. The van der Waals surface area contributed by atoms with Crippen LogP contribution in [-0.4, -0.2) is 31.8 Å². The standard InChI is InChI=1S/C19H20N2O4/c1-12(22)13-7-8-17(25-3)15(9-13)11-18(23)21-16-6-4-5-14(10-16)19(24)20-2/h4-10H,11H2,1-3H3,(H,20,24)(H,21,23). The molecule has 0 unspecified atom stereocenters. The summed E-state index contributed by atoms with van der Waals surface area (Å²) in [6.07, 6.45) is 0.0501. The highest BCUT2D eigenvalue weighted by atomic mass is 16.5. The Hall–Kier alpha value is -3.15. The molecule has 0 fully saturated rings. The number of carbonyl (C=O) groups excluding carboxylic acids is 3. The molecule has 0 saturated carbocycles. The van der Waals surface area contributed by atoms with E-state index in [0.717, 1.165) is 0 Å². The summed E-state index contributed by atoms with van der Waals surface area (Å²) < 4.78 is 5.25. The van der Waals surface area contributed by atoms with Crippen LogP contribution in [0.15, 0.2) is 42.5 Å². The Morgan fingerprint density at radius 2 is 1.80 bits per heavy atom. The smallest absolute Gasteiger partial charge is 0.251 e. The van der Waals surface area contributed by atoms with Crippen LogP contribution in [0, 0.1) is 0 Å². The average molecular weight is 340 g/mol. The fourth-order valence-electron chi connectivity index (χ4n) is 2.40. The van der Waals surface area contributed by atoms with Crippen LogP contribution >= 0.6 is 0 Å². The Labute approximate surface area is 146 Å². The van der Waals surface area contributed by atoms with Crippen molar-refractivity contribution >= 4 is 23.3 Å². The summed E-state index contributed by atoms with van der Waals surface area (Å²) in [5.74, 6) is -0.0400. The van der Waals surface area contributed by atoms with E-state index >= 15 is 0 Å². The van der Waals surface area contributed by atoms with Crippen LogP contribution in [0.2, 0.25) is 0 Å². The van der Waals surface area contributed by atoms with Gasteiger partial charge >= 0.3 is 0 Å². The predicted molar refractivity (Wildman–Crippen MR) is 95.2 cm³/mol. The van der Waals surface area contributed by atoms with Gasteiger partial charge in [0.05, 0.1) is 13.5 Å². The molecule has 130 valence electrons. The maximum absolute atomic E-state index is 12.3. The third-order valence-corrected chi connectivity index (χ3v) is 3.67. The van der Waals surface area contributed by atoms with E-state index in [2.05, 4.69) is 10.6 Å². The summed E-state index contributed by atoms with van der Waals surface area (Å²) in [4.78, 5) is 35.5. The van der Waals surface area contributed by atoms with Crippen molar-refractivity contribution in [2.45, 2.75) is 13.3 Å². The van der Waals surface area contributed by atoms with Gasteiger partial charge in [0.25, 0.3) is 5.91 Å². The first-order valence-corrected chi connectivity index (χ1v) is 7.74. The van der Waals surface area contributed by atoms with Crippen molar-refractivity contribution in [2.75, 3.05) is 19.5 Å². The Balaban J connectivity index is 2.16. The van der Waals surface area contributed by atoms with E-state index in [1.165, 1.54) is 14.0 Å². The molecule has 0 aliphatic heterocycles. The molecule has 0 aliphatic carbocycles. The SMILES string of the molecule is CNC(=O)c1cccc(NC(=O)Cc2cc(C(C)=O)ccc2OC)c1. The molecular weight excluding hydrogens is 320 g/mol. The number of carbonyl (C=O) groups is 3. The molecule has 0 radical (unpaired) electrons. The van der Waals surface area contributed by atoms with Crippen LogP contribution in [0.3, 0.4) is 0 Å². The van der Waals surface area contributed by atoms with E-state index in [1.54, 1.807) is 49.5 Å². The second-order valence-electron chi connectivity index (χ2n) is 5.47. The fraction of sp³-hybridized carbons (Fsp3) is 0.211. The number of hydrogen-bond donors (Lipinski definition) is 2. The van der Waals surface area contributed by atoms with Gasteiger partial charge in [0.15, 0.2) is 5.78 Å². The summed E-state index contributed by atoms with van der Waals surface area (Å²) in [5.41, 5.74) is 2.12. The maximum atomic E-state index is 12.3. The number of ketones is 1. The van der Waals surface area contributed by atoms with Gasteiger partial charge in [0, 0.05) is 29.4 Å². The van der Waals surface area contributed by atoms with E-state index in [4.69, 9.17) is 4.74 Å². The van der Waals surface area contributed by atoms with Crippen LogP contribution in [0.5, 0.6) is 5.75 Å². The first-order chi connectivity index (χ1) is 11.9. The van der Waals surface area contributed by atoms with Gasteiger partial charge in [-0.2, -0.15) is 0 Å². The Morgan fingerprint density at radius 1 is 1.04 bits per heavy atom. The lowest BCUT2D eigenvalue weighted by Crippen LogP contribution is -2.19. The summed E-state index contributed by atoms with van der Waals surface area (Å²) in [7, 11) is 3.05. The Bertz CT molecular complexity index is 815. The molecule has 25 heavy (non-hydrogen) atoms. The summed E-state index contributed by atoms with van der Waals surface area (Å²) in [6, 6.07) is 11.6. The number of rotatable bonds is 6. The van der Waals surface area contributed by atoms with Crippen molar-refractivity contribution in [3.63, 3.8) is 0 Å². The van der Waals surface area contributed by atoms with E-state index in [0.29, 0.717) is 28.1 Å². The van der Waals surface area contributed by atoms with Gasteiger partial charge in [-0.3, -0.25) is 14.4 Å². The molecule has 0 saturated heterocycles. The van der Waals surface area contributed by atoms with Crippen LogP contribution in [0.1, 0.15) is 33.2 Å². The van der Waals surface area contributed by atoms with Crippen molar-refractivity contribution in [1.29, 1.82) is 0 Å². The van der Waals surface area contributed by atoms with Crippen LogP contribution in [-0.2, 0) is 11.2 Å². The van der Waals surface area contributed by atoms with Gasteiger partial charge < -0.3 is 15.4 Å². The molecule has 2 aromatic carbocycles. The van der Waals surface area contributed by atoms with Crippen LogP contribution in [0.4, 0.5) is 5.69 Å². The Kier molecular flexibility index (Phi) is 5.89. The van der Waals surface area contributed by atoms with Crippen molar-refractivity contribution in [1.82, 2.24) is 5.32 Å². The lowest BCUT2D eigenvalue weighted by atomic mass is 10.0. The van der Waals surface area contributed by atoms with E-state index in [9.17, 15) is 14.4 Å². The molecule has 6 nitrogen and oxygen atoms in total. The summed E-state index contributed by atoms with van der Waals surface area (Å²) in [5, 5.41) is 5.28. The molecule has 0 aliphatic rings. The maximum Gasteiger partial charge on any atom is 0.251 e. The zero-order valence-corrected chi connectivity index (χ0v) is 14.4. The number of Topliss-reactive ketones (excluding diaryl/α,β-unsaturated/α-hetero) is 1. The number of anilines is 1. The number of amides is 2. The summed E-state index contributed by atoms with van der Waals surface area (Å²) >= 11 is 0. The quantitative estimate of drug-likeness (QED) is 0.791. The highest BCUT2D eigenvalue weighted by Gasteiger charge is 2.12. The highest BCUT2D eigenvalue weighted by Crippen LogP contribution is 2.21. The zero-order valence-electron chi connectivity index (χ0n) is 14.4. The van der Waals surface area contributed by atoms with Crippen molar-refractivity contribution in [2.24, 2.45) is 0 Å². The van der Waals surface area contributed by atoms with Gasteiger partial charge in [-0.05, 0) is 43.3 Å². The van der Waals surface area contributed by atoms with Gasteiger partial charge in [-0.1, -0.05) is 6.07 Å². The van der Waals surface area contributed by atoms with Gasteiger partial charge in [-0.15, -0.1) is 0 Å². The van der Waals surface area contributed by atoms with Crippen molar-refractivity contribution < 1.29 is 19.1 Å². The lowest BCUT2D eigenvalue weighted by Gasteiger charge is -2.11.